The number of aromatic nitrogens is 2. The molecule has 19 heavy (non-hydrogen) atoms. The Hall–Kier alpha value is -2.24. The van der Waals surface area contributed by atoms with E-state index in [1.165, 1.54) is 6.07 Å². The van der Waals surface area contributed by atoms with Crippen molar-refractivity contribution in [2.75, 3.05) is 6.61 Å². The summed E-state index contributed by atoms with van der Waals surface area (Å²) in [7, 11) is 0. The minimum atomic E-state index is -0.423. The molecule has 0 unspecified atom stereocenters. The van der Waals surface area contributed by atoms with Crippen LogP contribution in [0.25, 0.3) is 11.4 Å². The predicted molar refractivity (Wildman–Crippen MR) is 64.8 cm³/mol. The quantitative estimate of drug-likeness (QED) is 0.793. The number of rotatable bonds is 4. The van der Waals surface area contributed by atoms with Crippen LogP contribution >= 0.6 is 0 Å². The number of carbonyl (C=O) groups excluding carboxylic acids is 1. The van der Waals surface area contributed by atoms with E-state index < -0.39 is 5.97 Å². The first-order valence-electron chi connectivity index (χ1n) is 5.85. The Kier molecular flexibility index (Phi) is 3.89. The van der Waals surface area contributed by atoms with Crippen LogP contribution in [0, 0.1) is 12.7 Å². The number of esters is 1. The molecule has 0 radical (unpaired) electrons. The molecule has 0 aliphatic heterocycles. The van der Waals surface area contributed by atoms with Gasteiger partial charge in [0.05, 0.1) is 6.61 Å². The van der Waals surface area contributed by atoms with Crippen LogP contribution in [-0.4, -0.2) is 22.7 Å². The summed E-state index contributed by atoms with van der Waals surface area (Å²) in [6.45, 7) is 3.67. The molecule has 2 aromatic rings. The molecule has 1 aromatic carbocycles. The molecular weight excluding hydrogens is 251 g/mol. The molecular formula is C13H13FN2O3. The molecule has 0 saturated carbocycles. The van der Waals surface area contributed by atoms with Crippen molar-refractivity contribution in [1.82, 2.24) is 10.1 Å². The zero-order valence-electron chi connectivity index (χ0n) is 10.6. The third kappa shape index (κ3) is 3.15. The number of carbonyl (C=O) groups is 1. The molecule has 0 aliphatic rings. The van der Waals surface area contributed by atoms with Gasteiger partial charge in [-0.2, -0.15) is 4.98 Å². The Labute approximate surface area is 109 Å². The lowest BCUT2D eigenvalue weighted by atomic mass is 10.1. The first kappa shape index (κ1) is 13.2. The zero-order chi connectivity index (χ0) is 13.8. The van der Waals surface area contributed by atoms with E-state index in [4.69, 9.17) is 9.26 Å². The van der Waals surface area contributed by atoms with E-state index in [0.29, 0.717) is 23.6 Å². The van der Waals surface area contributed by atoms with Crippen molar-refractivity contribution < 1.29 is 18.4 Å². The molecule has 0 atom stereocenters. The molecule has 1 aromatic heterocycles. The van der Waals surface area contributed by atoms with Crippen LogP contribution in [0.2, 0.25) is 0 Å². The van der Waals surface area contributed by atoms with Crippen molar-refractivity contribution in [2.24, 2.45) is 0 Å². The topological polar surface area (TPSA) is 65.2 Å². The number of nitrogens with zero attached hydrogens (tertiary/aromatic N) is 2. The summed E-state index contributed by atoms with van der Waals surface area (Å²) in [4.78, 5) is 15.3. The average Bonchev–Trinajstić information content (AvgIpc) is 2.81. The lowest BCUT2D eigenvalue weighted by Gasteiger charge is -1.98. The number of hydrogen-bond acceptors (Lipinski definition) is 5. The second-order valence-electron chi connectivity index (χ2n) is 3.96. The summed E-state index contributed by atoms with van der Waals surface area (Å²) in [6.07, 6.45) is -0.0684. The SMILES string of the molecule is CCOC(=O)Cc1nc(-c2ccc(F)c(C)c2)no1. The van der Waals surface area contributed by atoms with Crippen molar-refractivity contribution in [3.8, 4) is 11.4 Å². The maximum absolute atomic E-state index is 13.2. The largest absolute Gasteiger partial charge is 0.466 e. The summed E-state index contributed by atoms with van der Waals surface area (Å²) in [6, 6.07) is 4.52. The fraction of sp³-hybridized carbons (Fsp3) is 0.308. The van der Waals surface area contributed by atoms with E-state index in [2.05, 4.69) is 10.1 Å². The molecule has 5 nitrogen and oxygen atoms in total. The Balaban J connectivity index is 2.16. The first-order valence-corrected chi connectivity index (χ1v) is 5.85. The van der Waals surface area contributed by atoms with Crippen LogP contribution in [0.15, 0.2) is 22.7 Å². The molecule has 0 saturated heterocycles. The molecule has 100 valence electrons. The van der Waals surface area contributed by atoms with Crippen LogP contribution in [0.1, 0.15) is 18.4 Å². The van der Waals surface area contributed by atoms with Crippen molar-refractivity contribution in [1.29, 1.82) is 0 Å². The molecule has 1 heterocycles. The van der Waals surface area contributed by atoms with Crippen LogP contribution in [0.3, 0.4) is 0 Å². The van der Waals surface area contributed by atoms with Gasteiger partial charge in [0.2, 0.25) is 11.7 Å². The number of aryl methyl sites for hydroxylation is 1. The normalized spacial score (nSPS) is 10.5. The maximum Gasteiger partial charge on any atom is 0.315 e. The van der Waals surface area contributed by atoms with Crippen LogP contribution in [0.5, 0.6) is 0 Å². The second-order valence-corrected chi connectivity index (χ2v) is 3.96. The van der Waals surface area contributed by atoms with Crippen molar-refractivity contribution in [2.45, 2.75) is 20.3 Å². The van der Waals surface area contributed by atoms with Gasteiger partial charge in [0.15, 0.2) is 0 Å². The highest BCUT2D eigenvalue weighted by atomic mass is 19.1. The van der Waals surface area contributed by atoms with Gasteiger partial charge in [0, 0.05) is 5.56 Å². The molecule has 0 amide bonds. The third-order valence-corrected chi connectivity index (χ3v) is 2.49. The van der Waals surface area contributed by atoms with E-state index >= 15 is 0 Å². The highest BCUT2D eigenvalue weighted by Crippen LogP contribution is 2.19. The molecule has 0 aliphatic carbocycles. The van der Waals surface area contributed by atoms with Gasteiger partial charge < -0.3 is 9.26 Å². The summed E-state index contributed by atoms with van der Waals surface area (Å²) < 4.78 is 22.9. The number of ether oxygens (including phenoxy) is 1. The summed E-state index contributed by atoms with van der Waals surface area (Å²) in [5.74, 6) is -0.218. The van der Waals surface area contributed by atoms with E-state index in [1.807, 2.05) is 0 Å². The van der Waals surface area contributed by atoms with Crippen molar-refractivity contribution >= 4 is 5.97 Å². The van der Waals surface area contributed by atoms with E-state index in [0.717, 1.165) is 0 Å². The van der Waals surface area contributed by atoms with Crippen LogP contribution in [-0.2, 0) is 16.0 Å². The summed E-state index contributed by atoms with van der Waals surface area (Å²) in [5, 5.41) is 3.75. The molecule has 6 heteroatoms. The fourth-order valence-electron chi connectivity index (χ4n) is 1.56. The van der Waals surface area contributed by atoms with Gasteiger partial charge in [-0.15, -0.1) is 0 Å². The number of halogens is 1. The molecule has 2 rings (SSSR count). The van der Waals surface area contributed by atoms with Gasteiger partial charge in [-0.05, 0) is 37.6 Å². The lowest BCUT2D eigenvalue weighted by Crippen LogP contribution is -2.07. The van der Waals surface area contributed by atoms with Crippen molar-refractivity contribution in [3.05, 3.63) is 35.5 Å². The van der Waals surface area contributed by atoms with Gasteiger partial charge in [0.25, 0.3) is 0 Å². The van der Waals surface area contributed by atoms with E-state index in [-0.39, 0.29) is 18.1 Å². The maximum atomic E-state index is 13.2. The summed E-state index contributed by atoms with van der Waals surface area (Å²) >= 11 is 0. The molecule has 0 N–H and O–H groups in total. The second kappa shape index (κ2) is 5.60. The molecule has 0 bridgehead atoms. The highest BCUT2D eigenvalue weighted by Gasteiger charge is 2.13. The number of hydrogen-bond donors (Lipinski definition) is 0. The predicted octanol–water partition coefficient (Wildman–Crippen LogP) is 2.29. The Morgan fingerprint density at radius 1 is 1.47 bits per heavy atom. The standard InChI is InChI=1S/C13H13FN2O3/c1-3-18-12(17)7-11-15-13(16-19-11)9-4-5-10(14)8(2)6-9/h4-6H,3,7H2,1-2H3. The lowest BCUT2D eigenvalue weighted by molar-refractivity contribution is -0.142. The Bertz CT molecular complexity index is 595. The Morgan fingerprint density at radius 3 is 2.95 bits per heavy atom. The van der Waals surface area contributed by atoms with E-state index in [9.17, 15) is 9.18 Å². The highest BCUT2D eigenvalue weighted by molar-refractivity contribution is 5.71. The van der Waals surface area contributed by atoms with Gasteiger partial charge in [-0.25, -0.2) is 4.39 Å². The first-order chi connectivity index (χ1) is 9.10. The van der Waals surface area contributed by atoms with Crippen LogP contribution in [0.4, 0.5) is 4.39 Å². The van der Waals surface area contributed by atoms with Crippen LogP contribution < -0.4 is 0 Å². The van der Waals surface area contributed by atoms with Gasteiger partial charge in [-0.3, -0.25) is 4.79 Å². The van der Waals surface area contributed by atoms with Crippen molar-refractivity contribution in [3.63, 3.8) is 0 Å². The molecule has 0 spiro atoms. The zero-order valence-corrected chi connectivity index (χ0v) is 10.6. The molecule has 0 fully saturated rings. The monoisotopic (exact) mass is 264 g/mol. The smallest absolute Gasteiger partial charge is 0.315 e. The number of benzene rings is 1. The average molecular weight is 264 g/mol. The van der Waals surface area contributed by atoms with Gasteiger partial charge >= 0.3 is 5.97 Å². The third-order valence-electron chi connectivity index (χ3n) is 2.49. The van der Waals surface area contributed by atoms with E-state index in [1.54, 1.807) is 26.0 Å². The minimum Gasteiger partial charge on any atom is -0.466 e. The van der Waals surface area contributed by atoms with Gasteiger partial charge in [0.1, 0.15) is 12.2 Å². The fourth-order valence-corrected chi connectivity index (χ4v) is 1.56. The summed E-state index contributed by atoms with van der Waals surface area (Å²) in [5.41, 5.74) is 1.13. The Morgan fingerprint density at radius 2 is 2.26 bits per heavy atom. The van der Waals surface area contributed by atoms with Gasteiger partial charge in [-0.1, -0.05) is 5.16 Å². The minimum absolute atomic E-state index is 0.0684.